The lowest BCUT2D eigenvalue weighted by Gasteiger charge is -2.32. The van der Waals surface area contributed by atoms with Crippen molar-refractivity contribution in [2.24, 2.45) is 0 Å². The molecule has 5 heteroatoms. The Morgan fingerprint density at radius 2 is 1.96 bits per heavy atom. The maximum Gasteiger partial charge on any atom is 0.0892 e. The molecule has 3 aromatic rings. The lowest BCUT2D eigenvalue weighted by atomic mass is 10.1. The highest BCUT2D eigenvalue weighted by Crippen LogP contribution is 2.19. The van der Waals surface area contributed by atoms with Gasteiger partial charge in [0.25, 0.3) is 0 Å². The summed E-state index contributed by atoms with van der Waals surface area (Å²) in [5.74, 6) is 0. The van der Waals surface area contributed by atoms with Crippen molar-refractivity contribution >= 4 is 0 Å². The van der Waals surface area contributed by atoms with Crippen LogP contribution in [0.15, 0.2) is 60.9 Å². The minimum absolute atomic E-state index is 0.269. The first-order chi connectivity index (χ1) is 13.3. The smallest absolute Gasteiger partial charge is 0.0892 e. The topological polar surface area (TPSA) is 43.2 Å². The van der Waals surface area contributed by atoms with E-state index >= 15 is 0 Å². The molecule has 0 N–H and O–H groups in total. The van der Waals surface area contributed by atoms with Crippen LogP contribution in [0.5, 0.6) is 0 Å². The highest BCUT2D eigenvalue weighted by Gasteiger charge is 2.22. The summed E-state index contributed by atoms with van der Waals surface area (Å²) >= 11 is 0. The number of benzene rings is 1. The summed E-state index contributed by atoms with van der Waals surface area (Å²) in [4.78, 5) is 6.82. The Balaban J connectivity index is 1.36. The molecule has 1 aliphatic heterocycles. The molecule has 0 amide bonds. The normalized spacial score (nSPS) is 17.9. The third kappa shape index (κ3) is 4.62. The summed E-state index contributed by atoms with van der Waals surface area (Å²) in [6.07, 6.45) is 6.53. The van der Waals surface area contributed by atoms with Crippen LogP contribution in [-0.2, 0) is 17.9 Å². The van der Waals surface area contributed by atoms with E-state index in [0.29, 0.717) is 6.61 Å². The molecule has 3 heterocycles. The van der Waals surface area contributed by atoms with Gasteiger partial charge in [-0.1, -0.05) is 24.3 Å². The number of rotatable bonds is 6. The summed E-state index contributed by atoms with van der Waals surface area (Å²) < 4.78 is 8.09. The van der Waals surface area contributed by atoms with Gasteiger partial charge in [0.1, 0.15) is 0 Å². The molecule has 2 aromatic heterocycles. The molecule has 0 aliphatic carbocycles. The molecule has 0 radical (unpaired) electrons. The van der Waals surface area contributed by atoms with Gasteiger partial charge < -0.3 is 4.74 Å². The molecule has 1 fully saturated rings. The van der Waals surface area contributed by atoms with Crippen molar-refractivity contribution in [1.82, 2.24) is 19.7 Å². The van der Waals surface area contributed by atoms with Crippen molar-refractivity contribution in [2.75, 3.05) is 13.1 Å². The number of hydrogen-bond donors (Lipinski definition) is 0. The average Bonchev–Trinajstić information content (AvgIpc) is 3.09. The fraction of sp³-hybridized carbons (Fsp3) is 0.364. The highest BCUT2D eigenvalue weighted by atomic mass is 16.5. The monoisotopic (exact) mass is 362 g/mol. The number of pyridine rings is 1. The number of likely N-dealkylation sites (tertiary alicyclic amines) is 1. The van der Waals surface area contributed by atoms with Gasteiger partial charge >= 0.3 is 0 Å². The molecule has 5 nitrogen and oxygen atoms in total. The number of hydrogen-bond acceptors (Lipinski definition) is 4. The first-order valence-electron chi connectivity index (χ1n) is 9.62. The largest absolute Gasteiger partial charge is 0.371 e. The summed E-state index contributed by atoms with van der Waals surface area (Å²) in [6, 6.07) is 16.2. The fourth-order valence-corrected chi connectivity index (χ4v) is 3.58. The van der Waals surface area contributed by atoms with Gasteiger partial charge in [0, 0.05) is 31.0 Å². The molecule has 27 heavy (non-hydrogen) atoms. The number of aryl methyl sites for hydroxylation is 1. The Morgan fingerprint density at radius 1 is 1.11 bits per heavy atom. The van der Waals surface area contributed by atoms with Gasteiger partial charge in [-0.05, 0) is 50.6 Å². The van der Waals surface area contributed by atoms with Gasteiger partial charge in [-0.15, -0.1) is 0 Å². The number of ether oxygens (including phenoxy) is 1. The van der Waals surface area contributed by atoms with E-state index in [4.69, 9.17) is 9.84 Å². The van der Waals surface area contributed by atoms with Gasteiger partial charge in [-0.2, -0.15) is 5.10 Å². The average molecular weight is 362 g/mol. The Bertz CT molecular complexity index is 847. The van der Waals surface area contributed by atoms with Crippen LogP contribution in [-0.4, -0.2) is 38.9 Å². The minimum atomic E-state index is 0.269. The van der Waals surface area contributed by atoms with E-state index in [1.165, 1.54) is 12.0 Å². The van der Waals surface area contributed by atoms with Gasteiger partial charge in [-0.3, -0.25) is 9.88 Å². The molecule has 140 valence electrons. The second-order valence-electron chi connectivity index (χ2n) is 7.15. The number of piperidine rings is 1. The Kier molecular flexibility index (Phi) is 5.61. The molecule has 0 spiro atoms. The Labute approximate surface area is 160 Å². The standard InChI is InChI=1S/C22H26N4O/c1-18-19(15-26(24-18)21-9-3-2-4-10-21)14-25-13-7-11-22(16-25)27-17-20-8-5-6-12-23-20/h2-6,8-10,12,15,22H,7,11,13-14,16-17H2,1H3/t22-/m0/s1. The third-order valence-corrected chi connectivity index (χ3v) is 5.07. The summed E-state index contributed by atoms with van der Waals surface area (Å²) in [5, 5.41) is 4.69. The first-order valence-corrected chi connectivity index (χ1v) is 9.62. The van der Waals surface area contributed by atoms with E-state index < -0.39 is 0 Å². The number of aromatic nitrogens is 3. The van der Waals surface area contributed by atoms with Crippen LogP contribution < -0.4 is 0 Å². The number of para-hydroxylation sites is 1. The maximum absolute atomic E-state index is 6.12. The Morgan fingerprint density at radius 3 is 2.78 bits per heavy atom. The molecule has 0 unspecified atom stereocenters. The first kappa shape index (κ1) is 17.9. The lowest BCUT2D eigenvalue weighted by molar-refractivity contribution is -0.0133. The van der Waals surface area contributed by atoms with Crippen LogP contribution in [0, 0.1) is 6.92 Å². The fourth-order valence-electron chi connectivity index (χ4n) is 3.58. The molecule has 1 aliphatic rings. The summed E-state index contributed by atoms with van der Waals surface area (Å²) in [7, 11) is 0. The molecular formula is C22H26N4O. The second-order valence-corrected chi connectivity index (χ2v) is 7.15. The van der Waals surface area contributed by atoms with Gasteiger partial charge in [0.15, 0.2) is 0 Å². The summed E-state index contributed by atoms with van der Waals surface area (Å²) in [5.41, 5.74) is 4.47. The van der Waals surface area contributed by atoms with Crippen LogP contribution in [0.25, 0.3) is 5.69 Å². The maximum atomic E-state index is 6.12. The zero-order valence-corrected chi connectivity index (χ0v) is 15.8. The van der Waals surface area contributed by atoms with Crippen molar-refractivity contribution in [1.29, 1.82) is 0 Å². The molecular weight excluding hydrogens is 336 g/mol. The van der Waals surface area contributed by atoms with Gasteiger partial charge in [-0.25, -0.2) is 4.68 Å². The quantitative estimate of drug-likeness (QED) is 0.670. The van der Waals surface area contributed by atoms with Crippen LogP contribution >= 0.6 is 0 Å². The molecule has 4 rings (SSSR count). The van der Waals surface area contributed by atoms with E-state index in [0.717, 1.165) is 43.1 Å². The van der Waals surface area contributed by atoms with E-state index in [1.807, 2.05) is 47.3 Å². The van der Waals surface area contributed by atoms with Crippen LogP contribution in [0.4, 0.5) is 0 Å². The minimum Gasteiger partial charge on any atom is -0.371 e. The van der Waals surface area contributed by atoms with Crippen LogP contribution in [0.3, 0.4) is 0 Å². The second kappa shape index (κ2) is 8.46. The predicted octanol–water partition coefficient (Wildman–Crippen LogP) is 3.76. The highest BCUT2D eigenvalue weighted by molar-refractivity contribution is 5.32. The molecule has 1 saturated heterocycles. The van der Waals surface area contributed by atoms with E-state index in [1.54, 1.807) is 0 Å². The zero-order chi connectivity index (χ0) is 18.5. The Hall–Kier alpha value is -2.50. The molecule has 0 saturated carbocycles. The summed E-state index contributed by atoms with van der Waals surface area (Å²) in [6.45, 7) is 5.67. The lowest BCUT2D eigenvalue weighted by Crippen LogP contribution is -2.39. The molecule has 1 aromatic carbocycles. The van der Waals surface area contributed by atoms with Crippen molar-refractivity contribution in [3.05, 3.63) is 77.9 Å². The van der Waals surface area contributed by atoms with Crippen LogP contribution in [0.2, 0.25) is 0 Å². The van der Waals surface area contributed by atoms with Gasteiger partial charge in [0.05, 0.1) is 29.8 Å². The SMILES string of the molecule is Cc1nn(-c2ccccc2)cc1CN1CCC[C@H](OCc2ccccn2)C1. The molecule has 0 bridgehead atoms. The van der Waals surface area contributed by atoms with E-state index in [2.05, 4.69) is 35.1 Å². The van der Waals surface area contributed by atoms with Crippen molar-refractivity contribution < 1.29 is 4.74 Å². The predicted molar refractivity (Wildman–Crippen MR) is 106 cm³/mol. The van der Waals surface area contributed by atoms with Crippen molar-refractivity contribution in [3.8, 4) is 5.69 Å². The van der Waals surface area contributed by atoms with E-state index in [-0.39, 0.29) is 6.10 Å². The zero-order valence-electron chi connectivity index (χ0n) is 15.8. The van der Waals surface area contributed by atoms with E-state index in [9.17, 15) is 0 Å². The number of nitrogens with zero attached hydrogens (tertiary/aromatic N) is 4. The molecule has 1 atom stereocenters. The van der Waals surface area contributed by atoms with Crippen molar-refractivity contribution in [2.45, 2.75) is 39.0 Å². The third-order valence-electron chi connectivity index (χ3n) is 5.07. The van der Waals surface area contributed by atoms with Gasteiger partial charge in [0.2, 0.25) is 0 Å². The van der Waals surface area contributed by atoms with Crippen LogP contribution in [0.1, 0.15) is 29.8 Å². The van der Waals surface area contributed by atoms with Crippen molar-refractivity contribution in [3.63, 3.8) is 0 Å².